The Balaban J connectivity index is 1.48. The second-order valence-corrected chi connectivity index (χ2v) is 9.09. The number of ether oxygens (including phenoxy) is 1. The Kier molecular flexibility index (Phi) is 4.01. The van der Waals surface area contributed by atoms with Gasteiger partial charge < -0.3 is 4.74 Å². The van der Waals surface area contributed by atoms with E-state index in [2.05, 4.69) is 36.3 Å². The number of aryl methyl sites for hydroxylation is 2. The average Bonchev–Trinajstić information content (AvgIpc) is 3.22. The molecule has 2 fully saturated rings. The van der Waals surface area contributed by atoms with Crippen LogP contribution < -0.4 is 4.74 Å². The molecule has 0 saturated heterocycles. The first-order valence-corrected chi connectivity index (χ1v) is 10.4. The number of hydrogen-bond acceptors (Lipinski definition) is 3. The molecule has 3 aliphatic rings. The van der Waals surface area contributed by atoms with E-state index in [1.165, 1.54) is 17.5 Å². The van der Waals surface area contributed by atoms with Crippen molar-refractivity contribution in [3.63, 3.8) is 0 Å². The number of nitrogens with zero attached hydrogens (tertiary/aromatic N) is 2. The number of fused-ring (bicyclic) bond motifs is 5. The number of ketones is 1. The van der Waals surface area contributed by atoms with E-state index in [-0.39, 0.29) is 5.41 Å². The van der Waals surface area contributed by atoms with Crippen LogP contribution in [0.4, 0.5) is 0 Å². The van der Waals surface area contributed by atoms with Crippen molar-refractivity contribution in [3.05, 3.63) is 52.9 Å². The smallest absolute Gasteiger partial charge is 0.165 e. The fourth-order valence-corrected chi connectivity index (χ4v) is 6.20. The van der Waals surface area contributed by atoms with Gasteiger partial charge in [-0.15, -0.1) is 0 Å². The Morgan fingerprint density at radius 1 is 1.32 bits per heavy atom. The second kappa shape index (κ2) is 6.33. The van der Waals surface area contributed by atoms with E-state index in [9.17, 15) is 4.79 Å². The fourth-order valence-electron chi connectivity index (χ4n) is 6.20. The molecule has 0 N–H and O–H groups in total. The number of methoxy groups -OCH3 is 1. The highest BCUT2D eigenvalue weighted by Gasteiger charge is 2.56. The fraction of sp³-hybridized carbons (Fsp3) is 0.500. The summed E-state index contributed by atoms with van der Waals surface area (Å²) in [5.74, 6) is 2.97. The molecule has 28 heavy (non-hydrogen) atoms. The van der Waals surface area contributed by atoms with Crippen LogP contribution in [0.2, 0.25) is 0 Å². The minimum atomic E-state index is -0.195. The van der Waals surface area contributed by atoms with Crippen molar-refractivity contribution in [2.24, 2.45) is 24.3 Å². The molecule has 1 aromatic heterocycles. The minimum Gasteiger partial charge on any atom is -0.497 e. The van der Waals surface area contributed by atoms with Crippen molar-refractivity contribution in [1.29, 1.82) is 0 Å². The molecule has 0 amide bonds. The van der Waals surface area contributed by atoms with Gasteiger partial charge in [0.05, 0.1) is 13.3 Å². The number of Topliss-reactive ketones (excluding diaryl/α,β-unsaturated/α-hetero) is 1. The highest BCUT2D eigenvalue weighted by atomic mass is 16.5. The molecule has 4 atom stereocenters. The lowest BCUT2D eigenvalue weighted by Gasteiger charge is -2.48. The Labute approximate surface area is 166 Å². The van der Waals surface area contributed by atoms with Gasteiger partial charge in [-0.2, -0.15) is 5.10 Å². The van der Waals surface area contributed by atoms with Gasteiger partial charge in [-0.05, 0) is 84.8 Å². The summed E-state index contributed by atoms with van der Waals surface area (Å²) in [6, 6.07) is 6.59. The van der Waals surface area contributed by atoms with Crippen LogP contribution in [0.3, 0.4) is 0 Å². The summed E-state index contributed by atoms with van der Waals surface area (Å²) in [6.07, 6.45) is 11.2. The van der Waals surface area contributed by atoms with Crippen molar-refractivity contribution in [3.8, 4) is 5.75 Å². The van der Waals surface area contributed by atoms with E-state index >= 15 is 0 Å². The number of rotatable bonds is 2. The number of carbonyl (C=O) groups is 1. The van der Waals surface area contributed by atoms with Crippen LogP contribution in [-0.2, 0) is 18.3 Å². The van der Waals surface area contributed by atoms with Crippen molar-refractivity contribution in [2.75, 3.05) is 7.11 Å². The number of allylic oxidation sites excluding steroid dienone is 1. The summed E-state index contributed by atoms with van der Waals surface area (Å²) in [5, 5.41) is 4.25. The average molecular weight is 377 g/mol. The lowest BCUT2D eigenvalue weighted by Crippen LogP contribution is -2.42. The standard InChI is InChI=1S/C24H28N2O2/c1-24-9-8-20-19-7-5-18(28-3)11-16(19)4-6-21(20)22(24)12-17(23(24)27)10-15-13-25-26(2)14-15/h5,7,10-11,13-14,20-22H,4,6,8-9,12H2,1-3H3/b17-10+/t20-,21-,22-,24-/m1/s1. The van der Waals surface area contributed by atoms with Crippen LogP contribution >= 0.6 is 0 Å². The zero-order valence-electron chi connectivity index (χ0n) is 16.9. The number of benzene rings is 1. The second-order valence-electron chi connectivity index (χ2n) is 9.09. The molecule has 0 bridgehead atoms. The molecule has 4 nitrogen and oxygen atoms in total. The van der Waals surface area contributed by atoms with E-state index in [0.29, 0.717) is 23.5 Å². The highest BCUT2D eigenvalue weighted by molar-refractivity contribution is 6.05. The topological polar surface area (TPSA) is 44.1 Å². The predicted octanol–water partition coefficient (Wildman–Crippen LogP) is 4.55. The molecule has 0 radical (unpaired) electrons. The van der Waals surface area contributed by atoms with Crippen LogP contribution in [0.1, 0.15) is 55.2 Å². The molecule has 1 aromatic carbocycles. The van der Waals surface area contributed by atoms with Gasteiger partial charge in [0.1, 0.15) is 5.75 Å². The lowest BCUT2D eigenvalue weighted by molar-refractivity contribution is -0.127. The SMILES string of the molecule is COc1ccc2c(c1)CC[C@@H]1[C@@H]2CC[C@@]2(C)C(=O)/C(=C/c3cnn(C)c3)C[C@H]12. The molecule has 0 spiro atoms. The molecule has 1 heterocycles. The molecule has 5 rings (SSSR count). The van der Waals surface area contributed by atoms with Gasteiger partial charge in [0, 0.05) is 24.2 Å². The van der Waals surface area contributed by atoms with Crippen LogP contribution in [0.15, 0.2) is 36.2 Å². The third-order valence-electron chi connectivity index (χ3n) is 7.64. The summed E-state index contributed by atoms with van der Waals surface area (Å²) in [6.45, 7) is 2.23. The van der Waals surface area contributed by atoms with E-state index in [1.807, 2.05) is 19.4 Å². The van der Waals surface area contributed by atoms with E-state index in [0.717, 1.165) is 42.6 Å². The summed E-state index contributed by atoms with van der Waals surface area (Å²) >= 11 is 0. The third kappa shape index (κ3) is 2.57. The maximum atomic E-state index is 13.4. The van der Waals surface area contributed by atoms with Gasteiger partial charge in [0.15, 0.2) is 5.78 Å². The largest absolute Gasteiger partial charge is 0.497 e. The summed E-state index contributed by atoms with van der Waals surface area (Å²) in [4.78, 5) is 13.4. The summed E-state index contributed by atoms with van der Waals surface area (Å²) in [7, 11) is 3.65. The van der Waals surface area contributed by atoms with Crippen LogP contribution in [0.5, 0.6) is 5.75 Å². The quantitative estimate of drug-likeness (QED) is 0.723. The van der Waals surface area contributed by atoms with Gasteiger partial charge in [-0.25, -0.2) is 0 Å². The zero-order chi connectivity index (χ0) is 19.5. The maximum absolute atomic E-state index is 13.4. The van der Waals surface area contributed by atoms with Crippen LogP contribution in [0, 0.1) is 17.3 Å². The molecule has 4 heteroatoms. The van der Waals surface area contributed by atoms with E-state index < -0.39 is 0 Å². The Hall–Kier alpha value is -2.36. The summed E-state index contributed by atoms with van der Waals surface area (Å²) < 4.78 is 7.22. The van der Waals surface area contributed by atoms with Crippen LogP contribution in [0.25, 0.3) is 6.08 Å². The molecular formula is C24H28N2O2. The Morgan fingerprint density at radius 2 is 2.18 bits per heavy atom. The van der Waals surface area contributed by atoms with Gasteiger partial charge in [0.25, 0.3) is 0 Å². The first-order chi connectivity index (χ1) is 13.5. The monoisotopic (exact) mass is 376 g/mol. The van der Waals surface area contributed by atoms with Crippen LogP contribution in [-0.4, -0.2) is 22.7 Å². The summed E-state index contributed by atoms with van der Waals surface area (Å²) in [5.41, 5.74) is 4.78. The Morgan fingerprint density at radius 3 is 2.93 bits per heavy atom. The molecule has 3 aliphatic carbocycles. The predicted molar refractivity (Wildman–Crippen MR) is 109 cm³/mol. The van der Waals surface area contributed by atoms with Gasteiger partial charge in [0.2, 0.25) is 0 Å². The van der Waals surface area contributed by atoms with Crippen molar-refractivity contribution in [1.82, 2.24) is 9.78 Å². The van der Waals surface area contributed by atoms with E-state index in [1.54, 1.807) is 11.8 Å². The number of carbonyl (C=O) groups excluding carboxylic acids is 1. The molecule has 2 saturated carbocycles. The molecular weight excluding hydrogens is 348 g/mol. The lowest BCUT2D eigenvalue weighted by atomic mass is 9.55. The molecule has 0 unspecified atom stereocenters. The van der Waals surface area contributed by atoms with E-state index in [4.69, 9.17) is 4.74 Å². The van der Waals surface area contributed by atoms with Gasteiger partial charge in [-0.3, -0.25) is 9.48 Å². The normalized spacial score (nSPS) is 32.8. The van der Waals surface area contributed by atoms with Crippen molar-refractivity contribution < 1.29 is 9.53 Å². The Bertz CT molecular complexity index is 973. The van der Waals surface area contributed by atoms with Gasteiger partial charge in [-0.1, -0.05) is 13.0 Å². The molecule has 146 valence electrons. The number of aromatic nitrogens is 2. The highest BCUT2D eigenvalue weighted by Crippen LogP contribution is 2.60. The maximum Gasteiger partial charge on any atom is 0.165 e. The molecule has 2 aromatic rings. The molecule has 0 aliphatic heterocycles. The van der Waals surface area contributed by atoms with Crippen molar-refractivity contribution in [2.45, 2.75) is 44.9 Å². The minimum absolute atomic E-state index is 0.195. The van der Waals surface area contributed by atoms with Gasteiger partial charge >= 0.3 is 0 Å². The third-order valence-corrected chi connectivity index (χ3v) is 7.64. The zero-order valence-corrected chi connectivity index (χ0v) is 16.9. The number of hydrogen-bond donors (Lipinski definition) is 0. The first kappa shape index (κ1) is 17.7. The van der Waals surface area contributed by atoms with Crippen molar-refractivity contribution >= 4 is 11.9 Å². The first-order valence-electron chi connectivity index (χ1n) is 10.4.